The first-order chi connectivity index (χ1) is 13.2. The summed E-state index contributed by atoms with van der Waals surface area (Å²) in [7, 11) is 0. The molecule has 2 aromatic rings. The standard InChI is InChI=1S/C17H19F3N4O4/c1-2-28-15(26)11-5-3-7-22(9-11)13(25)10-24-16(27)23-8-4-6-12(23)14(21-24)17(18,19)20/h4,6,8,11H,2-3,5,7,9-10H2,1H3/t11-/m1/s1. The molecule has 0 radical (unpaired) electrons. The zero-order chi connectivity index (χ0) is 20.5. The molecule has 1 aliphatic rings. The van der Waals surface area contributed by atoms with Crippen LogP contribution in [0.25, 0.3) is 5.52 Å². The lowest BCUT2D eigenvalue weighted by atomic mass is 9.98. The Hall–Kier alpha value is -2.85. The molecule has 11 heteroatoms. The number of piperidine rings is 1. The van der Waals surface area contributed by atoms with Crippen LogP contribution in [0.2, 0.25) is 0 Å². The predicted octanol–water partition coefficient (Wildman–Crippen LogP) is 1.32. The Kier molecular flexibility index (Phi) is 5.43. The third-order valence-electron chi connectivity index (χ3n) is 4.59. The molecule has 3 rings (SSSR count). The van der Waals surface area contributed by atoms with Gasteiger partial charge in [0.2, 0.25) is 5.91 Å². The second-order valence-corrected chi connectivity index (χ2v) is 6.48. The summed E-state index contributed by atoms with van der Waals surface area (Å²) < 4.78 is 46.1. The summed E-state index contributed by atoms with van der Waals surface area (Å²) >= 11 is 0. The van der Waals surface area contributed by atoms with Crippen molar-refractivity contribution in [2.45, 2.75) is 32.5 Å². The SMILES string of the molecule is CCOC(=O)[C@@H]1CCCN(C(=O)Cn2nc(C(F)(F)F)c3cccn3c2=O)C1. The van der Waals surface area contributed by atoms with E-state index in [4.69, 9.17) is 4.74 Å². The largest absolute Gasteiger partial charge is 0.466 e. The summed E-state index contributed by atoms with van der Waals surface area (Å²) in [5, 5.41) is 3.38. The van der Waals surface area contributed by atoms with Crippen LogP contribution in [0, 0.1) is 5.92 Å². The van der Waals surface area contributed by atoms with Crippen molar-refractivity contribution < 1.29 is 27.5 Å². The van der Waals surface area contributed by atoms with E-state index in [1.807, 2.05) is 0 Å². The van der Waals surface area contributed by atoms with Gasteiger partial charge in [0, 0.05) is 19.3 Å². The summed E-state index contributed by atoms with van der Waals surface area (Å²) in [5.41, 5.74) is -2.46. The summed E-state index contributed by atoms with van der Waals surface area (Å²) in [6, 6.07) is 2.44. The Morgan fingerprint density at radius 3 is 2.79 bits per heavy atom. The van der Waals surface area contributed by atoms with Gasteiger partial charge < -0.3 is 9.64 Å². The van der Waals surface area contributed by atoms with E-state index in [0.29, 0.717) is 24.1 Å². The van der Waals surface area contributed by atoms with Crippen LogP contribution in [-0.4, -0.2) is 50.7 Å². The van der Waals surface area contributed by atoms with Crippen LogP contribution in [-0.2, 0) is 27.0 Å². The van der Waals surface area contributed by atoms with Crippen LogP contribution >= 0.6 is 0 Å². The highest BCUT2D eigenvalue weighted by atomic mass is 19.4. The van der Waals surface area contributed by atoms with Gasteiger partial charge in [-0.05, 0) is 31.9 Å². The second-order valence-electron chi connectivity index (χ2n) is 6.48. The number of halogens is 3. The first-order valence-corrected chi connectivity index (χ1v) is 8.82. The molecule has 0 N–H and O–H groups in total. The molecule has 2 aromatic heterocycles. The summed E-state index contributed by atoms with van der Waals surface area (Å²) in [6.45, 7) is 1.70. The van der Waals surface area contributed by atoms with E-state index in [9.17, 15) is 27.6 Å². The Morgan fingerprint density at radius 1 is 1.36 bits per heavy atom. The highest BCUT2D eigenvalue weighted by molar-refractivity contribution is 5.78. The fourth-order valence-electron chi connectivity index (χ4n) is 3.27. The van der Waals surface area contributed by atoms with Crippen molar-refractivity contribution >= 4 is 17.4 Å². The molecule has 1 amide bonds. The van der Waals surface area contributed by atoms with Gasteiger partial charge in [0.25, 0.3) is 0 Å². The average molecular weight is 400 g/mol. The monoisotopic (exact) mass is 400 g/mol. The van der Waals surface area contributed by atoms with Gasteiger partial charge >= 0.3 is 17.8 Å². The third kappa shape index (κ3) is 3.87. The molecule has 1 atom stereocenters. The maximum Gasteiger partial charge on any atom is 0.437 e. The molecule has 0 aromatic carbocycles. The first kappa shape index (κ1) is 19.9. The quantitative estimate of drug-likeness (QED) is 0.723. The molecule has 0 unspecified atom stereocenters. The van der Waals surface area contributed by atoms with E-state index in [1.54, 1.807) is 6.92 Å². The molecular formula is C17H19F3N4O4. The van der Waals surface area contributed by atoms with Crippen LogP contribution in [0.1, 0.15) is 25.5 Å². The van der Waals surface area contributed by atoms with Gasteiger partial charge in [-0.2, -0.15) is 18.3 Å². The van der Waals surface area contributed by atoms with Gasteiger partial charge in [-0.1, -0.05) is 0 Å². The minimum absolute atomic E-state index is 0.101. The molecular weight excluding hydrogens is 381 g/mol. The number of alkyl halides is 3. The Bertz CT molecular complexity index is 950. The predicted molar refractivity (Wildman–Crippen MR) is 90.4 cm³/mol. The van der Waals surface area contributed by atoms with Gasteiger partial charge in [-0.25, -0.2) is 9.48 Å². The number of aromatic nitrogens is 3. The normalized spacial score (nSPS) is 17.7. The smallest absolute Gasteiger partial charge is 0.437 e. The van der Waals surface area contributed by atoms with Crippen LogP contribution in [0.4, 0.5) is 13.2 Å². The number of hydrogen-bond acceptors (Lipinski definition) is 5. The molecule has 152 valence electrons. The number of carbonyl (C=O) groups excluding carboxylic acids is 2. The fourth-order valence-corrected chi connectivity index (χ4v) is 3.27. The van der Waals surface area contributed by atoms with Gasteiger partial charge in [-0.3, -0.25) is 14.0 Å². The maximum atomic E-state index is 13.3. The number of amides is 1. The topological polar surface area (TPSA) is 85.9 Å². The van der Waals surface area contributed by atoms with Crippen LogP contribution in [0.5, 0.6) is 0 Å². The van der Waals surface area contributed by atoms with Gasteiger partial charge in [0.05, 0.1) is 18.0 Å². The number of hydrogen-bond donors (Lipinski definition) is 0. The van der Waals surface area contributed by atoms with Crippen LogP contribution in [0.15, 0.2) is 23.1 Å². The van der Waals surface area contributed by atoms with E-state index in [1.165, 1.54) is 17.2 Å². The Morgan fingerprint density at radius 2 is 2.11 bits per heavy atom. The fraction of sp³-hybridized carbons (Fsp3) is 0.529. The molecule has 8 nitrogen and oxygen atoms in total. The average Bonchev–Trinajstić information content (AvgIpc) is 3.13. The van der Waals surface area contributed by atoms with E-state index in [0.717, 1.165) is 10.5 Å². The highest BCUT2D eigenvalue weighted by Crippen LogP contribution is 2.30. The molecule has 0 aliphatic carbocycles. The van der Waals surface area contributed by atoms with Crippen molar-refractivity contribution in [1.82, 2.24) is 19.1 Å². The molecule has 1 aliphatic heterocycles. The molecule has 28 heavy (non-hydrogen) atoms. The van der Waals surface area contributed by atoms with Crippen molar-refractivity contribution in [3.63, 3.8) is 0 Å². The van der Waals surface area contributed by atoms with E-state index in [-0.39, 0.29) is 18.7 Å². The minimum atomic E-state index is -4.78. The summed E-state index contributed by atoms with van der Waals surface area (Å²) in [4.78, 5) is 38.2. The number of esters is 1. The molecule has 0 spiro atoms. The second kappa shape index (κ2) is 7.64. The minimum Gasteiger partial charge on any atom is -0.466 e. The van der Waals surface area contributed by atoms with Gasteiger partial charge in [-0.15, -0.1) is 0 Å². The molecule has 1 saturated heterocycles. The van der Waals surface area contributed by atoms with Crippen molar-refractivity contribution in [2.24, 2.45) is 5.92 Å². The Balaban J connectivity index is 1.84. The number of carbonyl (C=O) groups is 2. The zero-order valence-corrected chi connectivity index (χ0v) is 15.1. The number of rotatable bonds is 4. The number of fused-ring (bicyclic) bond motifs is 1. The number of nitrogens with zero attached hydrogens (tertiary/aromatic N) is 4. The van der Waals surface area contributed by atoms with Crippen molar-refractivity contribution in [1.29, 1.82) is 0 Å². The third-order valence-corrected chi connectivity index (χ3v) is 4.59. The molecule has 0 bridgehead atoms. The summed E-state index contributed by atoms with van der Waals surface area (Å²) in [5.74, 6) is -1.48. The van der Waals surface area contributed by atoms with Crippen LogP contribution in [0.3, 0.4) is 0 Å². The number of likely N-dealkylation sites (tertiary alicyclic amines) is 1. The van der Waals surface area contributed by atoms with Crippen molar-refractivity contribution in [2.75, 3.05) is 19.7 Å². The van der Waals surface area contributed by atoms with E-state index < -0.39 is 41.9 Å². The highest BCUT2D eigenvalue weighted by Gasteiger charge is 2.37. The lowest BCUT2D eigenvalue weighted by Crippen LogP contribution is -2.46. The van der Waals surface area contributed by atoms with E-state index >= 15 is 0 Å². The summed E-state index contributed by atoms with van der Waals surface area (Å²) in [6.07, 6.45) is -2.47. The lowest BCUT2D eigenvalue weighted by Gasteiger charge is -2.31. The lowest BCUT2D eigenvalue weighted by molar-refractivity contribution is -0.151. The van der Waals surface area contributed by atoms with Gasteiger partial charge in [0.1, 0.15) is 6.54 Å². The van der Waals surface area contributed by atoms with Crippen LogP contribution < -0.4 is 5.69 Å². The molecule has 1 fully saturated rings. The van der Waals surface area contributed by atoms with E-state index in [2.05, 4.69) is 5.10 Å². The molecule has 0 saturated carbocycles. The maximum absolute atomic E-state index is 13.3. The zero-order valence-electron chi connectivity index (χ0n) is 15.1. The molecule has 3 heterocycles. The van der Waals surface area contributed by atoms with Crippen molar-refractivity contribution in [3.05, 3.63) is 34.5 Å². The Labute approximate surface area is 157 Å². The number of ether oxygens (including phenoxy) is 1. The first-order valence-electron chi connectivity index (χ1n) is 8.82. The van der Waals surface area contributed by atoms with Crippen molar-refractivity contribution in [3.8, 4) is 0 Å². The van der Waals surface area contributed by atoms with Gasteiger partial charge in [0.15, 0.2) is 5.69 Å².